The third-order valence-corrected chi connectivity index (χ3v) is 5.16. The number of halogens is 2. The number of aromatic nitrogens is 3. The number of nitro benzene ring substituents is 1. The molecule has 0 saturated carbocycles. The summed E-state index contributed by atoms with van der Waals surface area (Å²) in [6.07, 6.45) is 1.17. The Labute approximate surface area is 177 Å². The van der Waals surface area contributed by atoms with E-state index < -0.39 is 28.4 Å². The number of imide groups is 1. The Morgan fingerprint density at radius 2 is 1.84 bits per heavy atom. The monoisotopic (exact) mass is 435 g/mol. The van der Waals surface area contributed by atoms with Gasteiger partial charge in [0, 0.05) is 24.4 Å². The fourth-order valence-corrected chi connectivity index (χ4v) is 3.76. The van der Waals surface area contributed by atoms with E-state index in [1.54, 1.807) is 6.92 Å². The summed E-state index contributed by atoms with van der Waals surface area (Å²) in [5, 5.41) is 15.6. The van der Waals surface area contributed by atoms with Crippen molar-refractivity contribution in [2.24, 2.45) is 0 Å². The molecule has 0 spiro atoms. The molecule has 158 valence electrons. The minimum Gasteiger partial charge on any atom is -0.268 e. The highest BCUT2D eigenvalue weighted by Gasteiger charge is 2.40. The summed E-state index contributed by atoms with van der Waals surface area (Å²) < 4.78 is 28.8. The smallest absolute Gasteiger partial charge is 0.268 e. The molecular formula is C21H11F2N5O4. The van der Waals surface area contributed by atoms with Crippen LogP contribution in [-0.2, 0) is 0 Å². The summed E-state index contributed by atoms with van der Waals surface area (Å²) in [6.45, 7) is 1.57. The normalized spacial score (nSPS) is 13.2. The number of nitro groups is 1. The Balaban J connectivity index is 1.70. The summed E-state index contributed by atoms with van der Waals surface area (Å²) >= 11 is 0. The molecule has 1 aliphatic heterocycles. The highest BCUT2D eigenvalue weighted by Crippen LogP contribution is 2.35. The molecule has 11 heteroatoms. The predicted octanol–water partition coefficient (Wildman–Crippen LogP) is 3.72. The Kier molecular flexibility index (Phi) is 4.09. The lowest BCUT2D eigenvalue weighted by molar-refractivity contribution is -0.384. The van der Waals surface area contributed by atoms with Gasteiger partial charge in [-0.25, -0.2) is 23.3 Å². The number of carbonyl (C=O) groups is 2. The van der Waals surface area contributed by atoms with Crippen molar-refractivity contribution in [2.75, 3.05) is 4.90 Å². The van der Waals surface area contributed by atoms with Crippen molar-refractivity contribution in [2.45, 2.75) is 6.92 Å². The topological polar surface area (TPSA) is 111 Å². The quantitative estimate of drug-likeness (QED) is 0.276. The summed E-state index contributed by atoms with van der Waals surface area (Å²) in [5.41, 5.74) is 0.0912. The van der Waals surface area contributed by atoms with Crippen LogP contribution in [0.4, 0.5) is 20.2 Å². The average molecular weight is 435 g/mol. The Morgan fingerprint density at radius 3 is 2.56 bits per heavy atom. The molecule has 0 bridgehead atoms. The second-order valence-electron chi connectivity index (χ2n) is 7.06. The van der Waals surface area contributed by atoms with Gasteiger partial charge in [-0.15, -0.1) is 0 Å². The molecule has 2 amide bonds. The molecule has 0 aliphatic carbocycles. The van der Waals surface area contributed by atoms with Crippen LogP contribution in [0.1, 0.15) is 26.4 Å². The van der Waals surface area contributed by atoms with Gasteiger partial charge in [-0.1, -0.05) is 6.07 Å². The maximum Gasteiger partial charge on any atom is 0.271 e. The highest BCUT2D eigenvalue weighted by molar-refractivity contribution is 6.37. The molecular weight excluding hydrogens is 424 g/mol. The molecule has 0 unspecified atom stereocenters. The van der Waals surface area contributed by atoms with E-state index in [1.165, 1.54) is 30.5 Å². The lowest BCUT2D eigenvalue weighted by Gasteiger charge is -2.13. The van der Waals surface area contributed by atoms with Gasteiger partial charge in [0.25, 0.3) is 17.5 Å². The van der Waals surface area contributed by atoms with E-state index in [4.69, 9.17) is 0 Å². The van der Waals surface area contributed by atoms with Crippen molar-refractivity contribution >= 4 is 34.2 Å². The van der Waals surface area contributed by atoms with E-state index in [-0.39, 0.29) is 39.2 Å². The first-order chi connectivity index (χ1) is 15.3. The average Bonchev–Trinajstić information content (AvgIpc) is 3.22. The molecule has 0 N–H and O–H groups in total. The van der Waals surface area contributed by atoms with Crippen LogP contribution in [-0.4, -0.2) is 31.5 Å². The number of hydrogen-bond acceptors (Lipinski definition) is 6. The molecule has 4 aromatic rings. The Bertz CT molecular complexity index is 1500. The van der Waals surface area contributed by atoms with Gasteiger partial charge in [0.05, 0.1) is 32.8 Å². The number of anilines is 1. The molecule has 0 saturated heterocycles. The highest BCUT2D eigenvalue weighted by atomic mass is 19.1. The van der Waals surface area contributed by atoms with Gasteiger partial charge in [-0.3, -0.25) is 19.7 Å². The molecule has 32 heavy (non-hydrogen) atoms. The van der Waals surface area contributed by atoms with Crippen LogP contribution < -0.4 is 4.90 Å². The maximum atomic E-state index is 14.4. The van der Waals surface area contributed by atoms with Gasteiger partial charge in [0.1, 0.15) is 11.5 Å². The summed E-state index contributed by atoms with van der Waals surface area (Å²) in [7, 11) is 0. The number of amides is 2. The number of non-ortho nitro benzene ring substituents is 1. The van der Waals surface area contributed by atoms with Crippen LogP contribution in [0.15, 0.2) is 48.7 Å². The van der Waals surface area contributed by atoms with Gasteiger partial charge in [-0.05, 0) is 25.1 Å². The summed E-state index contributed by atoms with van der Waals surface area (Å²) in [4.78, 5) is 41.7. The van der Waals surface area contributed by atoms with Crippen molar-refractivity contribution in [1.29, 1.82) is 0 Å². The minimum atomic E-state index is -0.877. The third-order valence-electron chi connectivity index (χ3n) is 5.16. The number of fused-ring (bicyclic) bond motifs is 3. The van der Waals surface area contributed by atoms with Crippen molar-refractivity contribution < 1.29 is 23.3 Å². The number of rotatable bonds is 3. The fraction of sp³-hybridized carbons (Fsp3) is 0.0476. The minimum absolute atomic E-state index is 0.00349. The van der Waals surface area contributed by atoms with Gasteiger partial charge in [-0.2, -0.15) is 5.10 Å². The summed E-state index contributed by atoms with van der Waals surface area (Å²) in [6, 6.07) is 8.09. The predicted molar refractivity (Wildman–Crippen MR) is 108 cm³/mol. The van der Waals surface area contributed by atoms with Crippen molar-refractivity contribution in [1.82, 2.24) is 14.8 Å². The first kappa shape index (κ1) is 19.4. The molecule has 5 rings (SSSR count). The number of hydrogen-bond donors (Lipinski definition) is 0. The van der Waals surface area contributed by atoms with E-state index >= 15 is 0 Å². The number of benzene rings is 2. The van der Waals surface area contributed by atoms with Crippen LogP contribution in [0, 0.1) is 28.7 Å². The lowest BCUT2D eigenvalue weighted by Crippen LogP contribution is -2.29. The van der Waals surface area contributed by atoms with Crippen LogP contribution in [0.2, 0.25) is 0 Å². The van der Waals surface area contributed by atoms with Gasteiger partial charge in [0.15, 0.2) is 11.5 Å². The second kappa shape index (κ2) is 6.74. The zero-order chi connectivity index (χ0) is 22.7. The Hall–Kier alpha value is -4.54. The fourth-order valence-electron chi connectivity index (χ4n) is 3.76. The first-order valence-corrected chi connectivity index (χ1v) is 9.25. The van der Waals surface area contributed by atoms with Crippen molar-refractivity contribution in [3.8, 4) is 5.69 Å². The van der Waals surface area contributed by atoms with Gasteiger partial charge >= 0.3 is 0 Å². The van der Waals surface area contributed by atoms with Crippen LogP contribution in [0.5, 0.6) is 0 Å². The molecule has 2 aromatic heterocycles. The molecule has 0 fully saturated rings. The SMILES string of the molecule is Cc1nn(-c2ccc(F)cc2F)c2ncc3c(c12)C(=O)N(c1cccc([N+](=O)[O-])c1)C3=O. The number of pyridine rings is 1. The van der Waals surface area contributed by atoms with Gasteiger partial charge < -0.3 is 0 Å². The largest absolute Gasteiger partial charge is 0.271 e. The molecule has 3 heterocycles. The molecule has 1 aliphatic rings. The van der Waals surface area contributed by atoms with Crippen LogP contribution in [0.3, 0.4) is 0 Å². The van der Waals surface area contributed by atoms with E-state index in [9.17, 15) is 28.5 Å². The molecule has 2 aromatic carbocycles. The van der Waals surface area contributed by atoms with Crippen LogP contribution >= 0.6 is 0 Å². The second-order valence-corrected chi connectivity index (χ2v) is 7.06. The van der Waals surface area contributed by atoms with Crippen LogP contribution in [0.25, 0.3) is 16.7 Å². The zero-order valence-corrected chi connectivity index (χ0v) is 16.2. The number of nitrogens with zero attached hydrogens (tertiary/aromatic N) is 5. The van der Waals surface area contributed by atoms with E-state index in [0.29, 0.717) is 11.8 Å². The summed E-state index contributed by atoms with van der Waals surface area (Å²) in [5.74, 6) is -3.04. The van der Waals surface area contributed by atoms with E-state index in [1.807, 2.05) is 0 Å². The van der Waals surface area contributed by atoms with E-state index in [2.05, 4.69) is 10.1 Å². The number of aryl methyl sites for hydroxylation is 1. The first-order valence-electron chi connectivity index (χ1n) is 9.25. The zero-order valence-electron chi connectivity index (χ0n) is 16.2. The number of carbonyl (C=O) groups excluding carboxylic acids is 2. The third kappa shape index (κ3) is 2.68. The van der Waals surface area contributed by atoms with E-state index in [0.717, 1.165) is 21.7 Å². The standard InChI is InChI=1S/C21H11F2N5O4/c1-10-17-18-14(9-24-19(17)27(25-10)16-6-5-11(22)7-15(16)23)20(29)26(21(18)30)12-3-2-4-13(8-12)28(31)32/h2-9H,1H3. The lowest BCUT2D eigenvalue weighted by atomic mass is 10.1. The van der Waals surface area contributed by atoms with Crippen molar-refractivity contribution in [3.05, 3.63) is 87.2 Å². The Morgan fingerprint density at radius 1 is 1.06 bits per heavy atom. The van der Waals surface area contributed by atoms with Crippen molar-refractivity contribution in [3.63, 3.8) is 0 Å². The molecule has 0 atom stereocenters. The van der Waals surface area contributed by atoms with Gasteiger partial charge in [0.2, 0.25) is 0 Å². The molecule has 0 radical (unpaired) electrons. The molecule has 9 nitrogen and oxygen atoms in total. The maximum absolute atomic E-state index is 14.4.